The smallest absolute Gasteiger partial charge is 0.107 e. The van der Waals surface area contributed by atoms with E-state index in [2.05, 4.69) is 40.1 Å². The van der Waals surface area contributed by atoms with Gasteiger partial charge < -0.3 is 10.1 Å². The van der Waals surface area contributed by atoms with E-state index in [0.717, 1.165) is 37.9 Å². The van der Waals surface area contributed by atoms with Crippen LogP contribution in [0.5, 0.6) is 0 Å². The molecular weight excluding hydrogens is 344 g/mol. The Bertz CT molecular complexity index is 737. The molecule has 1 spiro atoms. The molecular formula is C21H30N2O2S. The van der Waals surface area contributed by atoms with Crippen molar-refractivity contribution in [3.05, 3.63) is 34.9 Å². The van der Waals surface area contributed by atoms with Gasteiger partial charge in [0.2, 0.25) is 0 Å². The van der Waals surface area contributed by atoms with Gasteiger partial charge in [0, 0.05) is 12.7 Å². The van der Waals surface area contributed by atoms with Gasteiger partial charge in [0.15, 0.2) is 0 Å². The van der Waals surface area contributed by atoms with Crippen LogP contribution in [0.4, 0.5) is 0 Å². The van der Waals surface area contributed by atoms with E-state index in [1.54, 1.807) is 7.11 Å². The average molecular weight is 375 g/mol. The Kier molecular flexibility index (Phi) is 5.88. The minimum Gasteiger partial charge on any atom is -0.372 e. The maximum Gasteiger partial charge on any atom is 0.107 e. The molecule has 0 amide bonds. The van der Waals surface area contributed by atoms with Gasteiger partial charge in [-0.2, -0.15) is 0 Å². The van der Waals surface area contributed by atoms with Gasteiger partial charge in [-0.15, -0.1) is 0 Å². The van der Waals surface area contributed by atoms with Crippen molar-refractivity contribution in [2.45, 2.75) is 50.8 Å². The summed E-state index contributed by atoms with van der Waals surface area (Å²) < 4.78 is 21.2. The first-order chi connectivity index (χ1) is 12.4. The standard InChI is InChI=1S/C21H30N2O2S/c1-20(2,3)26(24)23-19-17-9-5-7-16(8-6-14-25-4)18(17)15-21(19)10-12-22-13-11-21/h5,7,9,19,22-23H,10-15H2,1-4H3/t19-,26-/m1/s1. The highest BCUT2D eigenvalue weighted by molar-refractivity contribution is 7.84. The molecule has 1 aliphatic carbocycles. The molecule has 0 bridgehead atoms. The summed E-state index contributed by atoms with van der Waals surface area (Å²) in [5.41, 5.74) is 3.80. The van der Waals surface area contributed by atoms with Gasteiger partial charge in [-0.1, -0.05) is 24.0 Å². The molecule has 1 heterocycles. The van der Waals surface area contributed by atoms with Crippen molar-refractivity contribution in [2.75, 3.05) is 26.8 Å². The van der Waals surface area contributed by atoms with Gasteiger partial charge in [0.25, 0.3) is 0 Å². The van der Waals surface area contributed by atoms with E-state index in [9.17, 15) is 4.21 Å². The Morgan fingerprint density at radius 3 is 2.73 bits per heavy atom. The predicted octanol–water partition coefficient (Wildman–Crippen LogP) is 2.70. The van der Waals surface area contributed by atoms with Gasteiger partial charge in [0.1, 0.15) is 6.61 Å². The third-order valence-corrected chi connectivity index (χ3v) is 7.05. The highest BCUT2D eigenvalue weighted by Gasteiger charge is 2.48. The third kappa shape index (κ3) is 3.89. The lowest BCUT2D eigenvalue weighted by atomic mass is 9.73. The summed E-state index contributed by atoms with van der Waals surface area (Å²) in [6.45, 7) is 8.53. The molecule has 1 aromatic carbocycles. The fourth-order valence-corrected chi connectivity index (χ4v) is 4.98. The van der Waals surface area contributed by atoms with Crippen molar-refractivity contribution in [1.82, 2.24) is 10.0 Å². The second kappa shape index (κ2) is 7.82. The third-order valence-electron chi connectivity index (χ3n) is 5.48. The van der Waals surface area contributed by atoms with Crippen LogP contribution >= 0.6 is 0 Å². The molecule has 5 heteroatoms. The van der Waals surface area contributed by atoms with Gasteiger partial charge in [-0.25, -0.2) is 8.93 Å². The Labute approximate surface area is 160 Å². The van der Waals surface area contributed by atoms with E-state index in [0.29, 0.717) is 6.61 Å². The Morgan fingerprint density at radius 1 is 1.35 bits per heavy atom. The number of ether oxygens (including phenoxy) is 1. The van der Waals surface area contributed by atoms with Gasteiger partial charge in [0.05, 0.1) is 21.8 Å². The summed E-state index contributed by atoms with van der Waals surface area (Å²) in [7, 11) is 0.561. The number of fused-ring (bicyclic) bond motifs is 1. The minimum absolute atomic E-state index is 0.115. The van der Waals surface area contributed by atoms with Crippen LogP contribution in [0.15, 0.2) is 18.2 Å². The van der Waals surface area contributed by atoms with Crippen LogP contribution in [0.1, 0.15) is 56.3 Å². The lowest BCUT2D eigenvalue weighted by Gasteiger charge is -2.40. The molecule has 26 heavy (non-hydrogen) atoms. The van der Waals surface area contributed by atoms with Crippen molar-refractivity contribution < 1.29 is 8.95 Å². The molecule has 2 aliphatic rings. The van der Waals surface area contributed by atoms with E-state index in [1.165, 1.54) is 11.1 Å². The van der Waals surface area contributed by atoms with Crippen LogP contribution in [0, 0.1) is 17.3 Å². The average Bonchev–Trinajstić information content (AvgIpc) is 2.89. The number of hydrogen-bond acceptors (Lipinski definition) is 3. The molecule has 1 fully saturated rings. The monoisotopic (exact) mass is 374 g/mol. The first-order valence-corrected chi connectivity index (χ1v) is 10.5. The number of methoxy groups -OCH3 is 1. The molecule has 3 rings (SSSR count). The van der Waals surface area contributed by atoms with Crippen LogP contribution < -0.4 is 10.0 Å². The summed E-state index contributed by atoms with van der Waals surface area (Å²) in [4.78, 5) is 0. The fourth-order valence-electron chi connectivity index (χ4n) is 4.04. The maximum absolute atomic E-state index is 12.9. The van der Waals surface area contributed by atoms with Gasteiger partial charge >= 0.3 is 0 Å². The van der Waals surface area contributed by atoms with Crippen LogP contribution in [-0.2, 0) is 22.1 Å². The highest BCUT2D eigenvalue weighted by atomic mass is 32.2. The first-order valence-electron chi connectivity index (χ1n) is 9.36. The van der Waals surface area contributed by atoms with Gasteiger partial charge in [-0.05, 0) is 75.7 Å². The second-order valence-electron chi connectivity index (χ2n) is 8.33. The zero-order valence-corrected chi connectivity index (χ0v) is 17.1. The van der Waals surface area contributed by atoms with Crippen LogP contribution in [0.25, 0.3) is 0 Å². The molecule has 0 aromatic heterocycles. The van der Waals surface area contributed by atoms with Crippen molar-refractivity contribution in [3.8, 4) is 11.8 Å². The molecule has 1 saturated heterocycles. The minimum atomic E-state index is -1.10. The molecule has 0 unspecified atom stereocenters. The quantitative estimate of drug-likeness (QED) is 0.800. The normalized spacial score (nSPS) is 22.5. The van der Waals surface area contributed by atoms with E-state index < -0.39 is 11.0 Å². The number of piperidine rings is 1. The summed E-state index contributed by atoms with van der Waals surface area (Å²) in [5.74, 6) is 6.37. The highest BCUT2D eigenvalue weighted by Crippen LogP contribution is 2.52. The summed E-state index contributed by atoms with van der Waals surface area (Å²) in [6, 6.07) is 6.47. The first kappa shape index (κ1) is 19.6. The zero-order valence-electron chi connectivity index (χ0n) is 16.3. The van der Waals surface area contributed by atoms with Crippen molar-refractivity contribution >= 4 is 11.0 Å². The topological polar surface area (TPSA) is 50.4 Å². The Balaban J connectivity index is 1.99. The summed E-state index contributed by atoms with van der Waals surface area (Å²) in [6.07, 6.45) is 3.18. The zero-order chi connectivity index (χ0) is 18.8. The number of benzene rings is 1. The molecule has 1 aromatic rings. The van der Waals surface area contributed by atoms with Crippen molar-refractivity contribution in [3.63, 3.8) is 0 Å². The van der Waals surface area contributed by atoms with Crippen LogP contribution in [0.3, 0.4) is 0 Å². The molecule has 142 valence electrons. The SMILES string of the molecule is COCC#Cc1cccc2c1CC1(CCNCC1)[C@@H]2N[S@](=O)C(C)(C)C. The van der Waals surface area contributed by atoms with E-state index in [4.69, 9.17) is 4.74 Å². The molecule has 0 saturated carbocycles. The summed E-state index contributed by atoms with van der Waals surface area (Å²) >= 11 is 0. The van der Waals surface area contributed by atoms with Crippen molar-refractivity contribution in [2.24, 2.45) is 5.41 Å². The molecule has 1 aliphatic heterocycles. The number of hydrogen-bond donors (Lipinski definition) is 2. The lowest BCUT2D eigenvalue weighted by molar-refractivity contribution is 0.164. The van der Waals surface area contributed by atoms with Gasteiger partial charge in [-0.3, -0.25) is 0 Å². The van der Waals surface area contributed by atoms with E-state index >= 15 is 0 Å². The predicted molar refractivity (Wildman–Crippen MR) is 107 cm³/mol. The Hall–Kier alpha value is -1.19. The lowest BCUT2D eigenvalue weighted by Crippen LogP contribution is -2.46. The molecule has 2 N–H and O–H groups in total. The number of nitrogens with one attached hydrogen (secondary N) is 2. The molecule has 2 atom stereocenters. The van der Waals surface area contributed by atoms with Crippen LogP contribution in [-0.4, -0.2) is 35.8 Å². The Morgan fingerprint density at radius 2 is 2.08 bits per heavy atom. The second-order valence-corrected chi connectivity index (χ2v) is 10.3. The van der Waals surface area contributed by atoms with Crippen molar-refractivity contribution in [1.29, 1.82) is 0 Å². The van der Waals surface area contributed by atoms with E-state index in [-0.39, 0.29) is 16.2 Å². The maximum atomic E-state index is 12.9. The fraction of sp³-hybridized carbons (Fsp3) is 0.619. The van der Waals surface area contributed by atoms with Crippen LogP contribution in [0.2, 0.25) is 0 Å². The molecule has 4 nitrogen and oxygen atoms in total. The number of rotatable bonds is 3. The molecule has 0 radical (unpaired) electrons. The largest absolute Gasteiger partial charge is 0.372 e. The van der Waals surface area contributed by atoms with E-state index in [1.807, 2.05) is 20.8 Å². The summed E-state index contributed by atoms with van der Waals surface area (Å²) in [5, 5.41) is 3.48.